The third-order valence-corrected chi connectivity index (χ3v) is 4.84. The summed E-state index contributed by atoms with van der Waals surface area (Å²) in [7, 11) is 0. The van der Waals surface area contributed by atoms with Crippen molar-refractivity contribution in [1.82, 2.24) is 15.5 Å². The summed E-state index contributed by atoms with van der Waals surface area (Å²) in [5.41, 5.74) is 0. The molecule has 0 unspecified atom stereocenters. The Morgan fingerprint density at radius 1 is 1.20 bits per heavy atom. The average molecular weight is 299 g/mol. The number of nitrogens with zero attached hydrogens (tertiary/aromatic N) is 1. The van der Waals surface area contributed by atoms with E-state index in [-0.39, 0.29) is 18.4 Å². The van der Waals surface area contributed by atoms with E-state index in [4.69, 9.17) is 0 Å². The van der Waals surface area contributed by atoms with E-state index in [9.17, 15) is 9.59 Å². The van der Waals surface area contributed by atoms with Crippen molar-refractivity contribution in [3.63, 3.8) is 0 Å². The Hall–Kier alpha value is -0.750. The van der Waals surface area contributed by atoms with Crippen molar-refractivity contribution in [3.8, 4) is 0 Å². The van der Waals surface area contributed by atoms with Crippen LogP contribution >= 0.6 is 11.8 Å². The molecule has 2 amide bonds. The van der Waals surface area contributed by atoms with Crippen LogP contribution in [0, 0.1) is 0 Å². The highest BCUT2D eigenvalue weighted by Gasteiger charge is 2.22. The number of hydrogen-bond donors (Lipinski definition) is 2. The van der Waals surface area contributed by atoms with Crippen LogP contribution in [0.25, 0.3) is 0 Å². The smallest absolute Gasteiger partial charge is 0.239 e. The van der Waals surface area contributed by atoms with Gasteiger partial charge < -0.3 is 15.5 Å². The van der Waals surface area contributed by atoms with E-state index < -0.39 is 0 Å². The summed E-state index contributed by atoms with van der Waals surface area (Å²) in [6, 6.07) is 0.617. The molecule has 5 nitrogen and oxygen atoms in total. The predicted octanol–water partition coefficient (Wildman–Crippen LogP) is 0.948. The molecular formula is C14H25N3O2S. The molecule has 1 heterocycles. The molecule has 0 aromatic heterocycles. The minimum Gasteiger partial charge on any atom is -0.353 e. The molecule has 1 saturated heterocycles. The van der Waals surface area contributed by atoms with Gasteiger partial charge >= 0.3 is 0 Å². The van der Waals surface area contributed by atoms with Gasteiger partial charge in [0, 0.05) is 19.1 Å². The van der Waals surface area contributed by atoms with Gasteiger partial charge in [-0.05, 0) is 12.8 Å². The highest BCUT2D eigenvalue weighted by atomic mass is 32.2. The normalized spacial score (nSPS) is 21.0. The lowest BCUT2D eigenvalue weighted by Gasteiger charge is -2.17. The van der Waals surface area contributed by atoms with E-state index >= 15 is 0 Å². The van der Waals surface area contributed by atoms with Gasteiger partial charge in [0.2, 0.25) is 11.8 Å². The standard InChI is InChI=1S/C14H25N3O2S/c18-13(9-17-11-20-10-14(17)19)16-8-7-15-12-5-3-1-2-4-6-12/h12,15H,1-11H2,(H,16,18). The number of nitrogens with one attached hydrogen (secondary N) is 2. The minimum atomic E-state index is -0.0523. The molecule has 1 saturated carbocycles. The molecule has 2 N–H and O–H groups in total. The lowest BCUT2D eigenvalue weighted by Crippen LogP contribution is -2.41. The summed E-state index contributed by atoms with van der Waals surface area (Å²) >= 11 is 1.57. The Balaban J connectivity index is 1.53. The van der Waals surface area contributed by atoms with Crippen molar-refractivity contribution in [3.05, 3.63) is 0 Å². The van der Waals surface area contributed by atoms with Crippen LogP contribution in [0.5, 0.6) is 0 Å². The Kier molecular flexibility index (Phi) is 6.66. The molecule has 0 spiro atoms. The van der Waals surface area contributed by atoms with Gasteiger partial charge in [0.05, 0.1) is 11.6 Å². The highest BCUT2D eigenvalue weighted by molar-refractivity contribution is 8.00. The monoisotopic (exact) mass is 299 g/mol. The van der Waals surface area contributed by atoms with Crippen molar-refractivity contribution in [2.24, 2.45) is 0 Å². The molecule has 1 aliphatic carbocycles. The molecule has 2 rings (SSSR count). The molecule has 114 valence electrons. The predicted molar refractivity (Wildman–Crippen MR) is 81.5 cm³/mol. The fourth-order valence-electron chi connectivity index (χ4n) is 2.73. The lowest BCUT2D eigenvalue weighted by molar-refractivity contribution is -0.132. The molecule has 2 fully saturated rings. The maximum Gasteiger partial charge on any atom is 0.239 e. The molecule has 0 aromatic rings. The van der Waals surface area contributed by atoms with Crippen LogP contribution < -0.4 is 10.6 Å². The number of hydrogen-bond acceptors (Lipinski definition) is 4. The second-order valence-electron chi connectivity index (χ2n) is 5.56. The first kappa shape index (κ1) is 15.6. The minimum absolute atomic E-state index is 0.0523. The number of carbonyl (C=O) groups is 2. The molecule has 6 heteroatoms. The molecule has 0 aromatic carbocycles. The van der Waals surface area contributed by atoms with Crippen LogP contribution in [0.4, 0.5) is 0 Å². The second kappa shape index (κ2) is 8.52. The fourth-order valence-corrected chi connectivity index (χ4v) is 3.64. The SMILES string of the molecule is O=C(CN1CSCC1=O)NCCNC1CCCCCC1. The first-order valence-electron chi connectivity index (χ1n) is 7.61. The van der Waals surface area contributed by atoms with Crippen molar-refractivity contribution in [2.45, 2.75) is 44.6 Å². The van der Waals surface area contributed by atoms with Crippen LogP contribution in [-0.4, -0.2) is 54.0 Å². The van der Waals surface area contributed by atoms with Gasteiger partial charge in [-0.3, -0.25) is 9.59 Å². The van der Waals surface area contributed by atoms with Gasteiger partial charge in [-0.2, -0.15) is 0 Å². The van der Waals surface area contributed by atoms with Gasteiger partial charge in [0.15, 0.2) is 0 Å². The van der Waals surface area contributed by atoms with Crippen molar-refractivity contribution < 1.29 is 9.59 Å². The number of rotatable bonds is 6. The Morgan fingerprint density at radius 3 is 2.60 bits per heavy atom. The number of amides is 2. The van der Waals surface area contributed by atoms with Crippen LogP contribution in [0.2, 0.25) is 0 Å². The molecule has 0 bridgehead atoms. The van der Waals surface area contributed by atoms with E-state index in [0.29, 0.717) is 24.2 Å². The number of thioether (sulfide) groups is 1. The van der Waals surface area contributed by atoms with Crippen molar-refractivity contribution >= 4 is 23.6 Å². The molecular weight excluding hydrogens is 274 g/mol. The molecule has 1 aliphatic heterocycles. The van der Waals surface area contributed by atoms with Crippen LogP contribution in [-0.2, 0) is 9.59 Å². The summed E-state index contributed by atoms with van der Waals surface area (Å²) in [6.07, 6.45) is 7.87. The van der Waals surface area contributed by atoms with Gasteiger partial charge in [-0.15, -0.1) is 11.8 Å². The maximum absolute atomic E-state index is 11.7. The Bertz CT molecular complexity index is 330. The van der Waals surface area contributed by atoms with Crippen molar-refractivity contribution in [2.75, 3.05) is 31.3 Å². The van der Waals surface area contributed by atoms with Gasteiger partial charge in [0.1, 0.15) is 6.54 Å². The average Bonchev–Trinajstić information content (AvgIpc) is 2.68. The van der Waals surface area contributed by atoms with Crippen molar-refractivity contribution in [1.29, 1.82) is 0 Å². The highest BCUT2D eigenvalue weighted by Crippen LogP contribution is 2.16. The number of carbonyl (C=O) groups excluding carboxylic acids is 2. The fraction of sp³-hybridized carbons (Fsp3) is 0.857. The summed E-state index contributed by atoms with van der Waals surface area (Å²) in [6.45, 7) is 1.67. The summed E-state index contributed by atoms with van der Waals surface area (Å²) in [5.74, 6) is 1.17. The van der Waals surface area contributed by atoms with E-state index in [0.717, 1.165) is 6.54 Å². The third-order valence-electron chi connectivity index (χ3n) is 3.90. The lowest BCUT2D eigenvalue weighted by atomic mass is 10.1. The molecule has 20 heavy (non-hydrogen) atoms. The molecule has 0 radical (unpaired) electrons. The Morgan fingerprint density at radius 2 is 1.95 bits per heavy atom. The third kappa shape index (κ3) is 5.32. The summed E-state index contributed by atoms with van der Waals surface area (Å²) < 4.78 is 0. The zero-order valence-electron chi connectivity index (χ0n) is 12.0. The topological polar surface area (TPSA) is 61.4 Å². The van der Waals surface area contributed by atoms with Crippen LogP contribution in [0.3, 0.4) is 0 Å². The van der Waals surface area contributed by atoms with E-state index in [1.807, 2.05) is 0 Å². The van der Waals surface area contributed by atoms with Gasteiger partial charge in [-0.25, -0.2) is 0 Å². The zero-order chi connectivity index (χ0) is 14.2. The first-order valence-corrected chi connectivity index (χ1v) is 8.77. The van der Waals surface area contributed by atoms with Gasteiger partial charge in [0.25, 0.3) is 0 Å². The van der Waals surface area contributed by atoms with Crippen LogP contribution in [0.1, 0.15) is 38.5 Å². The van der Waals surface area contributed by atoms with E-state index in [1.165, 1.54) is 38.5 Å². The van der Waals surface area contributed by atoms with E-state index in [2.05, 4.69) is 10.6 Å². The van der Waals surface area contributed by atoms with Gasteiger partial charge in [-0.1, -0.05) is 25.7 Å². The Labute approximate surface area is 125 Å². The summed E-state index contributed by atoms with van der Waals surface area (Å²) in [5, 5.41) is 6.40. The largest absolute Gasteiger partial charge is 0.353 e. The van der Waals surface area contributed by atoms with E-state index in [1.54, 1.807) is 16.7 Å². The quantitative estimate of drug-likeness (QED) is 0.566. The maximum atomic E-state index is 11.7. The summed E-state index contributed by atoms with van der Waals surface area (Å²) in [4.78, 5) is 24.7. The zero-order valence-corrected chi connectivity index (χ0v) is 12.8. The second-order valence-corrected chi connectivity index (χ2v) is 6.52. The van der Waals surface area contributed by atoms with Crippen LogP contribution in [0.15, 0.2) is 0 Å². The molecule has 2 aliphatic rings. The molecule has 0 atom stereocenters. The first-order chi connectivity index (χ1) is 9.75.